The largest absolute Gasteiger partial charge is 0.481 e. The van der Waals surface area contributed by atoms with E-state index >= 15 is 0 Å². The first-order valence-corrected chi connectivity index (χ1v) is 11.4. The van der Waals surface area contributed by atoms with Gasteiger partial charge in [0.15, 0.2) is 0 Å². The molecule has 7 heteroatoms. The zero-order valence-electron chi connectivity index (χ0n) is 18.5. The van der Waals surface area contributed by atoms with Crippen molar-refractivity contribution in [3.63, 3.8) is 0 Å². The molecule has 7 nitrogen and oxygen atoms in total. The van der Waals surface area contributed by atoms with E-state index < -0.39 is 17.2 Å². The Kier molecular flexibility index (Phi) is 20.7. The maximum absolute atomic E-state index is 10.9. The highest BCUT2D eigenvalue weighted by Crippen LogP contribution is 2.31. The van der Waals surface area contributed by atoms with E-state index in [1.807, 2.05) is 0 Å². The predicted octanol–water partition coefficient (Wildman–Crippen LogP) is 5.83. The maximum Gasteiger partial charge on any atom is 0.308 e. The highest BCUT2D eigenvalue weighted by molar-refractivity contribution is 5.78. The number of hydrogen-bond donors (Lipinski definition) is 3. The Bertz CT molecular complexity index is 525. The first-order chi connectivity index (χ1) is 14.2. The molecule has 3 aliphatic carbocycles. The summed E-state index contributed by atoms with van der Waals surface area (Å²) in [6, 6.07) is 0. The molecular formula is C26H52O7. The monoisotopic (exact) mass is 476 g/mol. The molecule has 33 heavy (non-hydrogen) atoms. The number of carboxylic acid groups (broad SMARTS) is 1. The summed E-state index contributed by atoms with van der Waals surface area (Å²) in [7, 11) is 1.36. The molecule has 0 saturated heterocycles. The van der Waals surface area contributed by atoms with Gasteiger partial charge >= 0.3 is 11.9 Å². The SMILES string of the molecule is C.C.C.COC(=O)CC1(O)CCCCC1.O=C(O)CC1(O)CCCCC1.O=C1CCCCC1. The van der Waals surface area contributed by atoms with Gasteiger partial charge in [-0.3, -0.25) is 14.4 Å². The number of aliphatic carboxylic acids is 1. The van der Waals surface area contributed by atoms with Gasteiger partial charge in [0.05, 0.1) is 31.2 Å². The van der Waals surface area contributed by atoms with Gasteiger partial charge in [-0.25, -0.2) is 0 Å². The molecular weight excluding hydrogens is 424 g/mol. The molecule has 3 fully saturated rings. The van der Waals surface area contributed by atoms with Gasteiger partial charge in [0, 0.05) is 12.8 Å². The van der Waals surface area contributed by atoms with E-state index in [4.69, 9.17) is 5.11 Å². The number of esters is 1. The Morgan fingerprint density at radius 3 is 1.39 bits per heavy atom. The smallest absolute Gasteiger partial charge is 0.308 e. The standard InChI is InChI=1S/C9H16O3.C8H14O3.C6H10O.3CH4/c1-12-8(10)7-9(11)5-3-2-4-6-9;9-7(10)6-8(11)4-2-1-3-5-8;7-6-4-2-1-3-5-6;;;/h11H,2-7H2,1H3;11H,1-6H2,(H,9,10);1-5H2;3*1H4. The minimum Gasteiger partial charge on any atom is -0.481 e. The van der Waals surface area contributed by atoms with Gasteiger partial charge < -0.3 is 20.1 Å². The third-order valence-electron chi connectivity index (χ3n) is 6.16. The molecule has 0 aliphatic heterocycles. The van der Waals surface area contributed by atoms with Crippen molar-refractivity contribution in [2.45, 2.75) is 143 Å². The Labute approximate surface area is 202 Å². The average molecular weight is 477 g/mol. The molecule has 0 aromatic rings. The summed E-state index contributed by atoms with van der Waals surface area (Å²) in [5.41, 5.74) is -1.67. The Morgan fingerprint density at radius 1 is 0.727 bits per heavy atom. The lowest BCUT2D eigenvalue weighted by atomic mass is 9.82. The van der Waals surface area contributed by atoms with Gasteiger partial charge in [0.25, 0.3) is 0 Å². The summed E-state index contributed by atoms with van der Waals surface area (Å²) in [5.74, 6) is -0.736. The summed E-state index contributed by atoms with van der Waals surface area (Å²) in [6.07, 6.45) is 14.3. The number of methoxy groups -OCH3 is 1. The lowest BCUT2D eigenvalue weighted by Gasteiger charge is -2.30. The molecule has 3 N–H and O–H groups in total. The van der Waals surface area contributed by atoms with Crippen molar-refractivity contribution >= 4 is 17.7 Å². The normalized spacial score (nSPS) is 20.4. The van der Waals surface area contributed by atoms with Crippen LogP contribution < -0.4 is 0 Å². The van der Waals surface area contributed by atoms with Gasteiger partial charge in [-0.1, -0.05) is 67.2 Å². The second kappa shape index (κ2) is 18.9. The number of Topliss-reactive ketones (excluding diaryl/α,β-unsaturated/α-hetero) is 1. The fourth-order valence-electron chi connectivity index (χ4n) is 4.34. The molecule has 0 aromatic carbocycles. The molecule has 0 aromatic heterocycles. The zero-order valence-corrected chi connectivity index (χ0v) is 18.5. The van der Waals surface area contributed by atoms with Gasteiger partial charge in [0.2, 0.25) is 0 Å². The number of carboxylic acids is 1. The third kappa shape index (κ3) is 16.7. The Balaban J connectivity index is -0.000000402. The Hall–Kier alpha value is -1.47. The minimum absolute atomic E-state index is 0. The number of ketones is 1. The van der Waals surface area contributed by atoms with Gasteiger partial charge in [-0.05, 0) is 38.5 Å². The fourth-order valence-corrected chi connectivity index (χ4v) is 4.34. The van der Waals surface area contributed by atoms with Crippen molar-refractivity contribution < 1.29 is 34.4 Å². The fraction of sp³-hybridized carbons (Fsp3) is 0.885. The summed E-state index contributed by atoms with van der Waals surface area (Å²) in [5, 5.41) is 28.0. The van der Waals surface area contributed by atoms with E-state index in [1.165, 1.54) is 20.0 Å². The highest BCUT2D eigenvalue weighted by Gasteiger charge is 2.32. The number of ether oxygens (including phenoxy) is 1. The van der Waals surface area contributed by atoms with Crippen LogP contribution in [0.25, 0.3) is 0 Å². The van der Waals surface area contributed by atoms with Crippen molar-refractivity contribution in [1.82, 2.24) is 0 Å². The van der Waals surface area contributed by atoms with Gasteiger partial charge in [-0.15, -0.1) is 0 Å². The summed E-state index contributed by atoms with van der Waals surface area (Å²) < 4.78 is 4.52. The molecule has 3 rings (SSSR count). The van der Waals surface area contributed by atoms with Crippen LogP contribution in [0.5, 0.6) is 0 Å². The number of aliphatic hydroxyl groups is 2. The maximum atomic E-state index is 10.9. The second-order valence-electron chi connectivity index (χ2n) is 8.99. The van der Waals surface area contributed by atoms with Crippen LogP contribution in [0, 0.1) is 0 Å². The molecule has 0 amide bonds. The van der Waals surface area contributed by atoms with E-state index in [-0.39, 0.29) is 41.1 Å². The van der Waals surface area contributed by atoms with Crippen LogP contribution in [0.15, 0.2) is 0 Å². The van der Waals surface area contributed by atoms with Crippen molar-refractivity contribution in [2.75, 3.05) is 7.11 Å². The third-order valence-corrected chi connectivity index (χ3v) is 6.16. The van der Waals surface area contributed by atoms with E-state index in [1.54, 1.807) is 0 Å². The van der Waals surface area contributed by atoms with Crippen LogP contribution in [0.4, 0.5) is 0 Å². The van der Waals surface area contributed by atoms with E-state index in [0.717, 1.165) is 70.6 Å². The molecule has 198 valence electrons. The molecule has 0 unspecified atom stereocenters. The molecule has 0 atom stereocenters. The van der Waals surface area contributed by atoms with E-state index in [2.05, 4.69) is 4.74 Å². The van der Waals surface area contributed by atoms with Crippen LogP contribution in [-0.2, 0) is 19.1 Å². The van der Waals surface area contributed by atoms with E-state index in [0.29, 0.717) is 18.6 Å². The molecule has 0 spiro atoms. The predicted molar refractivity (Wildman–Crippen MR) is 133 cm³/mol. The summed E-state index contributed by atoms with van der Waals surface area (Å²) in [6.45, 7) is 0. The quantitative estimate of drug-likeness (QED) is 0.436. The molecule has 3 saturated carbocycles. The van der Waals surface area contributed by atoms with Crippen molar-refractivity contribution in [3.05, 3.63) is 0 Å². The van der Waals surface area contributed by atoms with E-state index in [9.17, 15) is 24.6 Å². The Morgan fingerprint density at radius 2 is 1.09 bits per heavy atom. The highest BCUT2D eigenvalue weighted by atomic mass is 16.5. The molecule has 0 bridgehead atoms. The minimum atomic E-state index is -0.899. The van der Waals surface area contributed by atoms with Crippen LogP contribution in [0.3, 0.4) is 0 Å². The average Bonchev–Trinajstić information content (AvgIpc) is 2.69. The molecule has 0 radical (unpaired) electrons. The lowest BCUT2D eigenvalue weighted by molar-refractivity contribution is -0.147. The number of hydrogen-bond acceptors (Lipinski definition) is 6. The molecule has 0 heterocycles. The lowest BCUT2D eigenvalue weighted by Crippen LogP contribution is -2.34. The summed E-state index contributed by atoms with van der Waals surface area (Å²) in [4.78, 5) is 31.7. The topological polar surface area (TPSA) is 121 Å². The number of carbonyl (C=O) groups is 3. The van der Waals surface area contributed by atoms with Gasteiger partial charge in [-0.2, -0.15) is 0 Å². The number of carbonyl (C=O) groups excluding carboxylic acids is 2. The number of rotatable bonds is 4. The first kappa shape index (κ1) is 36.1. The van der Waals surface area contributed by atoms with Gasteiger partial charge in [0.1, 0.15) is 5.78 Å². The molecule has 3 aliphatic rings. The van der Waals surface area contributed by atoms with Crippen molar-refractivity contribution in [2.24, 2.45) is 0 Å². The van der Waals surface area contributed by atoms with Crippen molar-refractivity contribution in [1.29, 1.82) is 0 Å². The summed E-state index contributed by atoms with van der Waals surface area (Å²) >= 11 is 0. The van der Waals surface area contributed by atoms with Crippen LogP contribution >= 0.6 is 0 Å². The van der Waals surface area contributed by atoms with Crippen LogP contribution in [0.1, 0.15) is 131 Å². The van der Waals surface area contributed by atoms with Crippen LogP contribution in [0.2, 0.25) is 0 Å². The van der Waals surface area contributed by atoms with Crippen LogP contribution in [-0.4, -0.2) is 51.4 Å². The zero-order chi connectivity index (χ0) is 22.5. The second-order valence-corrected chi connectivity index (χ2v) is 8.99. The first-order valence-electron chi connectivity index (χ1n) is 11.4. The van der Waals surface area contributed by atoms with Crippen molar-refractivity contribution in [3.8, 4) is 0 Å².